The number of carbonyl (C=O) groups is 1. The number of aromatic amines is 1. The summed E-state index contributed by atoms with van der Waals surface area (Å²) in [5.74, 6) is -0.520. The number of hydrogen-bond donors (Lipinski definition) is 2. The van der Waals surface area contributed by atoms with Gasteiger partial charge in [0.2, 0.25) is 0 Å². The molecule has 0 saturated heterocycles. The number of nitrogens with two attached hydrogens (primary N) is 1. The van der Waals surface area contributed by atoms with Crippen molar-refractivity contribution >= 4 is 28.5 Å². The number of halogens is 1. The van der Waals surface area contributed by atoms with Crippen molar-refractivity contribution in [3.05, 3.63) is 53.3 Å². The van der Waals surface area contributed by atoms with Crippen molar-refractivity contribution in [2.45, 2.75) is 0 Å². The molecule has 4 nitrogen and oxygen atoms in total. The number of amides is 1. The molecule has 94 valence electrons. The topological polar surface area (TPSA) is 71.8 Å². The molecule has 1 amide bonds. The smallest absolute Gasteiger partial charge is 0.265 e. The van der Waals surface area contributed by atoms with E-state index >= 15 is 0 Å². The second-order valence-electron chi connectivity index (χ2n) is 4.14. The van der Waals surface area contributed by atoms with Gasteiger partial charge in [-0.1, -0.05) is 41.9 Å². The number of rotatable bonds is 2. The van der Waals surface area contributed by atoms with Gasteiger partial charge in [-0.25, -0.2) is 4.98 Å². The highest BCUT2D eigenvalue weighted by atomic mass is 35.5. The molecule has 0 aliphatic rings. The number of H-pyrrole nitrogens is 1. The standard InChI is InChI=1S/C14H10ClN3O/c15-10-7-6-9-12(18-10)11(13(17-9)14(16)19)8-4-2-1-3-5-8/h1-7,17H,(H2,16,19). The molecule has 0 radical (unpaired) electrons. The Hall–Kier alpha value is -2.33. The van der Waals surface area contributed by atoms with Gasteiger partial charge in [-0.3, -0.25) is 4.79 Å². The first-order valence-corrected chi connectivity index (χ1v) is 6.08. The molecule has 0 unspecified atom stereocenters. The van der Waals surface area contributed by atoms with Crippen LogP contribution in [0.25, 0.3) is 22.2 Å². The summed E-state index contributed by atoms with van der Waals surface area (Å²) in [6, 6.07) is 12.9. The quantitative estimate of drug-likeness (QED) is 0.703. The number of pyridine rings is 1. The van der Waals surface area contributed by atoms with Gasteiger partial charge in [-0.05, 0) is 17.7 Å². The molecule has 3 N–H and O–H groups in total. The van der Waals surface area contributed by atoms with E-state index in [2.05, 4.69) is 9.97 Å². The number of nitrogens with one attached hydrogen (secondary N) is 1. The Kier molecular flexibility index (Phi) is 2.72. The van der Waals surface area contributed by atoms with Crippen LogP contribution in [0.3, 0.4) is 0 Å². The molecule has 3 aromatic rings. The monoisotopic (exact) mass is 271 g/mol. The maximum absolute atomic E-state index is 11.6. The second-order valence-corrected chi connectivity index (χ2v) is 4.52. The van der Waals surface area contributed by atoms with Crippen LogP contribution < -0.4 is 5.73 Å². The van der Waals surface area contributed by atoms with Crippen molar-refractivity contribution in [1.29, 1.82) is 0 Å². The molecule has 5 heteroatoms. The lowest BCUT2D eigenvalue weighted by atomic mass is 10.0. The van der Waals surface area contributed by atoms with Gasteiger partial charge >= 0.3 is 0 Å². The zero-order chi connectivity index (χ0) is 13.4. The predicted molar refractivity (Wildman–Crippen MR) is 75.1 cm³/mol. The minimum Gasteiger partial charge on any atom is -0.364 e. The summed E-state index contributed by atoms with van der Waals surface area (Å²) >= 11 is 5.93. The number of fused-ring (bicyclic) bond motifs is 1. The Morgan fingerprint density at radius 2 is 1.89 bits per heavy atom. The number of aromatic nitrogens is 2. The second kappa shape index (κ2) is 4.40. The first-order valence-electron chi connectivity index (χ1n) is 5.70. The number of nitrogens with zero attached hydrogens (tertiary/aromatic N) is 1. The molecule has 3 rings (SSSR count). The summed E-state index contributed by atoms with van der Waals surface area (Å²) in [5, 5.41) is 0.375. The maximum Gasteiger partial charge on any atom is 0.265 e. The van der Waals surface area contributed by atoms with Crippen LogP contribution in [0.4, 0.5) is 0 Å². The average Bonchev–Trinajstić information content (AvgIpc) is 2.78. The molecule has 0 aliphatic heterocycles. The normalized spacial score (nSPS) is 10.8. The highest BCUT2D eigenvalue weighted by molar-refractivity contribution is 6.30. The minimum atomic E-state index is -0.520. The Morgan fingerprint density at radius 1 is 1.16 bits per heavy atom. The lowest BCUT2D eigenvalue weighted by molar-refractivity contribution is 0.0997. The summed E-state index contributed by atoms with van der Waals surface area (Å²) in [4.78, 5) is 18.9. The SMILES string of the molecule is NC(=O)c1[nH]c2ccc(Cl)nc2c1-c1ccccc1. The van der Waals surface area contributed by atoms with E-state index < -0.39 is 5.91 Å². The number of primary amides is 1. The zero-order valence-corrected chi connectivity index (χ0v) is 10.6. The molecule has 0 fully saturated rings. The van der Waals surface area contributed by atoms with Gasteiger partial charge in [0, 0.05) is 5.56 Å². The van der Waals surface area contributed by atoms with Gasteiger partial charge in [0.05, 0.1) is 11.0 Å². The maximum atomic E-state index is 11.6. The number of hydrogen-bond acceptors (Lipinski definition) is 2. The van der Waals surface area contributed by atoms with E-state index in [1.807, 2.05) is 30.3 Å². The van der Waals surface area contributed by atoms with E-state index in [4.69, 9.17) is 17.3 Å². The molecule has 1 aromatic carbocycles. The van der Waals surface area contributed by atoms with E-state index in [0.717, 1.165) is 11.1 Å². The summed E-state index contributed by atoms with van der Waals surface area (Å²) in [6.07, 6.45) is 0. The average molecular weight is 272 g/mol. The minimum absolute atomic E-state index is 0.343. The fourth-order valence-corrected chi connectivity index (χ4v) is 2.26. The van der Waals surface area contributed by atoms with Gasteiger partial charge in [0.25, 0.3) is 5.91 Å². The van der Waals surface area contributed by atoms with Crippen LogP contribution in [0.15, 0.2) is 42.5 Å². The van der Waals surface area contributed by atoms with E-state index in [-0.39, 0.29) is 0 Å². The predicted octanol–water partition coefficient (Wildman–Crippen LogP) is 2.98. The molecule has 0 bridgehead atoms. The summed E-state index contributed by atoms with van der Waals surface area (Å²) in [6.45, 7) is 0. The van der Waals surface area contributed by atoms with Crippen LogP contribution >= 0.6 is 11.6 Å². The molecule has 0 atom stereocenters. The lowest BCUT2D eigenvalue weighted by Crippen LogP contribution is -2.12. The van der Waals surface area contributed by atoms with Gasteiger partial charge in [-0.2, -0.15) is 0 Å². The van der Waals surface area contributed by atoms with Crippen molar-refractivity contribution in [1.82, 2.24) is 9.97 Å². The van der Waals surface area contributed by atoms with Crippen molar-refractivity contribution in [3.8, 4) is 11.1 Å². The number of benzene rings is 1. The Morgan fingerprint density at radius 3 is 2.58 bits per heavy atom. The van der Waals surface area contributed by atoms with Crippen LogP contribution in [0.2, 0.25) is 5.15 Å². The zero-order valence-electron chi connectivity index (χ0n) is 9.85. The first kappa shape index (κ1) is 11.7. The van der Waals surface area contributed by atoms with Gasteiger partial charge in [0.1, 0.15) is 10.8 Å². The first-order chi connectivity index (χ1) is 9.16. The molecular weight excluding hydrogens is 262 g/mol. The van der Waals surface area contributed by atoms with Gasteiger partial charge in [-0.15, -0.1) is 0 Å². The third-order valence-electron chi connectivity index (χ3n) is 2.92. The van der Waals surface area contributed by atoms with Crippen molar-refractivity contribution in [2.75, 3.05) is 0 Å². The molecule has 2 heterocycles. The van der Waals surface area contributed by atoms with Crippen molar-refractivity contribution in [3.63, 3.8) is 0 Å². The highest BCUT2D eigenvalue weighted by Crippen LogP contribution is 2.31. The van der Waals surface area contributed by atoms with Crippen molar-refractivity contribution < 1.29 is 4.79 Å². The summed E-state index contributed by atoms with van der Waals surface area (Å²) in [5.41, 5.74) is 8.70. The molecule has 0 aliphatic carbocycles. The Labute approximate surface area is 114 Å². The molecule has 19 heavy (non-hydrogen) atoms. The fourth-order valence-electron chi connectivity index (χ4n) is 2.11. The molecule has 0 spiro atoms. The van der Waals surface area contributed by atoms with Gasteiger partial charge in [0.15, 0.2) is 0 Å². The van der Waals surface area contributed by atoms with E-state index in [1.165, 1.54) is 0 Å². The third-order valence-corrected chi connectivity index (χ3v) is 3.13. The molecule has 2 aromatic heterocycles. The van der Waals surface area contributed by atoms with Crippen LogP contribution in [0, 0.1) is 0 Å². The summed E-state index contributed by atoms with van der Waals surface area (Å²) < 4.78 is 0. The van der Waals surface area contributed by atoms with Crippen molar-refractivity contribution in [2.24, 2.45) is 5.73 Å². The third kappa shape index (κ3) is 1.96. The highest BCUT2D eigenvalue weighted by Gasteiger charge is 2.18. The largest absolute Gasteiger partial charge is 0.364 e. The van der Waals surface area contributed by atoms with E-state index in [0.29, 0.717) is 21.9 Å². The Balaban J connectivity index is 2.40. The number of carbonyl (C=O) groups excluding carboxylic acids is 1. The Bertz CT molecular complexity index is 765. The van der Waals surface area contributed by atoms with E-state index in [1.54, 1.807) is 12.1 Å². The molecular formula is C14H10ClN3O. The van der Waals surface area contributed by atoms with Crippen LogP contribution in [0.1, 0.15) is 10.5 Å². The van der Waals surface area contributed by atoms with Gasteiger partial charge < -0.3 is 10.7 Å². The fraction of sp³-hybridized carbons (Fsp3) is 0. The summed E-state index contributed by atoms with van der Waals surface area (Å²) in [7, 11) is 0. The van der Waals surface area contributed by atoms with Crippen LogP contribution in [-0.4, -0.2) is 15.9 Å². The molecule has 0 saturated carbocycles. The van der Waals surface area contributed by atoms with Crippen LogP contribution in [-0.2, 0) is 0 Å². The van der Waals surface area contributed by atoms with Crippen LogP contribution in [0.5, 0.6) is 0 Å². The van der Waals surface area contributed by atoms with E-state index in [9.17, 15) is 4.79 Å². The lowest BCUT2D eigenvalue weighted by Gasteiger charge is -2.01.